The number of ether oxygens (including phenoxy) is 1. The molecular formula is C17H19BrCl2F3N3O. The van der Waals surface area contributed by atoms with Gasteiger partial charge in [-0.3, -0.25) is 4.90 Å². The van der Waals surface area contributed by atoms with E-state index in [1.54, 1.807) is 18.3 Å². The summed E-state index contributed by atoms with van der Waals surface area (Å²) in [7, 11) is 0. The van der Waals surface area contributed by atoms with Crippen LogP contribution in [0.15, 0.2) is 47.2 Å². The van der Waals surface area contributed by atoms with E-state index in [2.05, 4.69) is 35.9 Å². The monoisotopic (exact) mass is 487 g/mol. The van der Waals surface area contributed by atoms with Gasteiger partial charge in [-0.2, -0.15) is 0 Å². The van der Waals surface area contributed by atoms with E-state index in [1.807, 2.05) is 12.1 Å². The Labute approximate surface area is 176 Å². The topological polar surface area (TPSA) is 37.4 Å². The van der Waals surface area contributed by atoms with Gasteiger partial charge in [-0.05, 0) is 51.3 Å². The minimum absolute atomic E-state index is 0. The maximum atomic E-state index is 12.4. The maximum Gasteiger partial charge on any atom is 0.573 e. The molecule has 1 fully saturated rings. The van der Waals surface area contributed by atoms with Gasteiger partial charge < -0.3 is 10.1 Å². The van der Waals surface area contributed by atoms with Crippen molar-refractivity contribution in [1.29, 1.82) is 0 Å². The van der Waals surface area contributed by atoms with E-state index >= 15 is 0 Å². The summed E-state index contributed by atoms with van der Waals surface area (Å²) in [5, 5.41) is 3.31. The van der Waals surface area contributed by atoms with Crippen molar-refractivity contribution in [3.8, 4) is 5.75 Å². The summed E-state index contributed by atoms with van der Waals surface area (Å²) in [6, 6.07) is 9.89. The molecule has 1 aromatic heterocycles. The number of pyridine rings is 1. The van der Waals surface area contributed by atoms with Gasteiger partial charge in [0.15, 0.2) is 0 Å². The first-order valence-electron chi connectivity index (χ1n) is 7.84. The molecule has 0 bridgehead atoms. The number of halogens is 6. The molecular weight excluding hydrogens is 470 g/mol. The highest BCUT2D eigenvalue weighted by Crippen LogP contribution is 2.32. The van der Waals surface area contributed by atoms with Crippen molar-refractivity contribution in [2.45, 2.75) is 12.4 Å². The summed E-state index contributed by atoms with van der Waals surface area (Å²) < 4.78 is 41.7. The second-order valence-corrected chi connectivity index (χ2v) is 6.53. The van der Waals surface area contributed by atoms with Crippen LogP contribution in [0.2, 0.25) is 0 Å². The van der Waals surface area contributed by atoms with Gasteiger partial charge in [0.25, 0.3) is 0 Å². The van der Waals surface area contributed by atoms with E-state index in [4.69, 9.17) is 0 Å². The van der Waals surface area contributed by atoms with E-state index in [-0.39, 0.29) is 36.6 Å². The van der Waals surface area contributed by atoms with Crippen LogP contribution in [0.5, 0.6) is 5.75 Å². The lowest BCUT2D eigenvalue weighted by Crippen LogP contribution is -2.45. The number of nitrogens with zero attached hydrogens (tertiary/aromatic N) is 2. The molecule has 150 valence electrons. The molecule has 1 aliphatic heterocycles. The van der Waals surface area contributed by atoms with Crippen molar-refractivity contribution in [1.82, 2.24) is 15.2 Å². The SMILES string of the molecule is Cl.Cl.FC(F)(F)Oc1ccc([C@@H](c2ccnc(Br)c2)N2CCNCC2)cc1. The predicted octanol–water partition coefficient (Wildman–Crippen LogP) is 4.58. The van der Waals surface area contributed by atoms with Crippen molar-refractivity contribution in [2.24, 2.45) is 0 Å². The van der Waals surface area contributed by atoms with Gasteiger partial charge in [-0.15, -0.1) is 38.0 Å². The summed E-state index contributed by atoms with van der Waals surface area (Å²) >= 11 is 3.38. The molecule has 10 heteroatoms. The molecule has 1 aromatic carbocycles. The first kappa shape index (κ1) is 24.0. The van der Waals surface area contributed by atoms with Crippen LogP contribution < -0.4 is 10.1 Å². The summed E-state index contributed by atoms with van der Waals surface area (Å²) in [5.74, 6) is -0.216. The van der Waals surface area contributed by atoms with Gasteiger partial charge in [-0.1, -0.05) is 12.1 Å². The van der Waals surface area contributed by atoms with E-state index in [9.17, 15) is 13.2 Å². The largest absolute Gasteiger partial charge is 0.573 e. The Morgan fingerprint density at radius 1 is 1.04 bits per heavy atom. The Morgan fingerprint density at radius 3 is 2.22 bits per heavy atom. The third-order valence-electron chi connectivity index (χ3n) is 4.01. The standard InChI is InChI=1S/C17H17BrF3N3O.2ClH/c18-15-11-13(5-6-23-15)16(24-9-7-22-8-10-24)12-1-3-14(4-2-12)25-17(19,20)21;;/h1-6,11,16,22H,7-10H2;2*1H/t16-;;/m0../s1. The Morgan fingerprint density at radius 2 is 1.67 bits per heavy atom. The first-order chi connectivity index (χ1) is 11.9. The number of benzene rings is 1. The first-order valence-corrected chi connectivity index (χ1v) is 8.63. The fourth-order valence-electron chi connectivity index (χ4n) is 2.99. The molecule has 1 aliphatic rings. The highest BCUT2D eigenvalue weighted by Gasteiger charge is 2.31. The van der Waals surface area contributed by atoms with Gasteiger partial charge in [0.2, 0.25) is 0 Å². The summed E-state index contributed by atoms with van der Waals surface area (Å²) in [5.41, 5.74) is 1.95. The number of alkyl halides is 3. The van der Waals surface area contributed by atoms with Crippen LogP contribution in [-0.2, 0) is 0 Å². The molecule has 0 unspecified atom stereocenters. The number of nitrogens with one attached hydrogen (secondary N) is 1. The van der Waals surface area contributed by atoms with Crippen LogP contribution >= 0.6 is 40.7 Å². The van der Waals surface area contributed by atoms with Crippen LogP contribution in [-0.4, -0.2) is 42.4 Å². The fraction of sp³-hybridized carbons (Fsp3) is 0.353. The van der Waals surface area contributed by atoms with Crippen molar-refractivity contribution in [2.75, 3.05) is 26.2 Å². The van der Waals surface area contributed by atoms with Crippen LogP contribution in [0.4, 0.5) is 13.2 Å². The molecule has 1 atom stereocenters. The zero-order valence-corrected chi connectivity index (χ0v) is 17.3. The lowest BCUT2D eigenvalue weighted by Gasteiger charge is -2.35. The predicted molar refractivity (Wildman–Crippen MR) is 106 cm³/mol. The third-order valence-corrected chi connectivity index (χ3v) is 4.45. The summed E-state index contributed by atoms with van der Waals surface area (Å²) in [6.45, 7) is 3.45. The van der Waals surface area contributed by atoms with Gasteiger partial charge in [0, 0.05) is 32.4 Å². The summed E-state index contributed by atoms with van der Waals surface area (Å²) in [4.78, 5) is 6.46. The average molecular weight is 489 g/mol. The Balaban J connectivity index is 0.00000182. The zero-order valence-electron chi connectivity index (χ0n) is 14.1. The number of hydrogen-bond acceptors (Lipinski definition) is 4. The number of piperazine rings is 1. The molecule has 0 aliphatic carbocycles. The highest BCUT2D eigenvalue weighted by molar-refractivity contribution is 9.10. The number of aromatic nitrogens is 1. The number of hydrogen-bond donors (Lipinski definition) is 1. The van der Waals surface area contributed by atoms with Crippen LogP contribution in [0.3, 0.4) is 0 Å². The second kappa shape index (κ2) is 10.5. The zero-order chi connectivity index (χ0) is 17.9. The van der Waals surface area contributed by atoms with E-state index in [1.165, 1.54) is 12.1 Å². The smallest absolute Gasteiger partial charge is 0.406 e. The molecule has 27 heavy (non-hydrogen) atoms. The minimum atomic E-state index is -4.69. The Bertz CT molecular complexity index is 713. The van der Waals surface area contributed by atoms with Crippen molar-refractivity contribution in [3.63, 3.8) is 0 Å². The Hall–Kier alpha value is -1.06. The van der Waals surface area contributed by atoms with Gasteiger partial charge in [0.1, 0.15) is 10.4 Å². The highest BCUT2D eigenvalue weighted by atomic mass is 79.9. The lowest BCUT2D eigenvalue weighted by molar-refractivity contribution is -0.274. The summed E-state index contributed by atoms with van der Waals surface area (Å²) in [6.07, 6.45) is -2.97. The van der Waals surface area contributed by atoms with E-state index < -0.39 is 6.36 Å². The lowest BCUT2D eigenvalue weighted by atomic mass is 9.97. The molecule has 0 saturated carbocycles. The average Bonchev–Trinajstić information content (AvgIpc) is 2.56. The molecule has 2 aromatic rings. The van der Waals surface area contributed by atoms with E-state index in [0.29, 0.717) is 0 Å². The quantitative estimate of drug-likeness (QED) is 0.639. The molecule has 4 nitrogen and oxygen atoms in total. The van der Waals surface area contributed by atoms with Gasteiger partial charge in [0.05, 0.1) is 6.04 Å². The van der Waals surface area contributed by atoms with Crippen molar-refractivity contribution < 1.29 is 17.9 Å². The molecule has 1 N–H and O–H groups in total. The molecule has 1 saturated heterocycles. The molecule has 2 heterocycles. The van der Waals surface area contributed by atoms with Crippen LogP contribution in [0.25, 0.3) is 0 Å². The Kier molecular flexibility index (Phi) is 9.30. The third kappa shape index (κ3) is 6.80. The normalized spacial score (nSPS) is 16.0. The van der Waals surface area contributed by atoms with Crippen LogP contribution in [0, 0.1) is 0 Å². The maximum absolute atomic E-state index is 12.4. The van der Waals surface area contributed by atoms with Crippen LogP contribution in [0.1, 0.15) is 17.2 Å². The van der Waals surface area contributed by atoms with Crippen molar-refractivity contribution >= 4 is 40.7 Å². The number of rotatable bonds is 4. The molecule has 0 radical (unpaired) electrons. The van der Waals surface area contributed by atoms with Gasteiger partial charge >= 0.3 is 6.36 Å². The fourth-order valence-corrected chi connectivity index (χ4v) is 3.38. The molecule has 0 spiro atoms. The van der Waals surface area contributed by atoms with E-state index in [0.717, 1.165) is 41.9 Å². The minimum Gasteiger partial charge on any atom is -0.406 e. The second-order valence-electron chi connectivity index (χ2n) is 5.72. The van der Waals surface area contributed by atoms with Crippen molar-refractivity contribution in [3.05, 3.63) is 58.3 Å². The molecule has 0 amide bonds. The van der Waals surface area contributed by atoms with Gasteiger partial charge in [-0.25, -0.2) is 4.98 Å². The molecule has 3 rings (SSSR count).